The van der Waals surface area contributed by atoms with Crippen molar-refractivity contribution in [3.63, 3.8) is 0 Å². The van der Waals surface area contributed by atoms with Gasteiger partial charge in [-0.25, -0.2) is 4.79 Å². The van der Waals surface area contributed by atoms with Gasteiger partial charge in [0.2, 0.25) is 5.91 Å². The van der Waals surface area contributed by atoms with Gasteiger partial charge in [-0.05, 0) is 17.5 Å². The number of carboxylic acids is 1. The summed E-state index contributed by atoms with van der Waals surface area (Å²) in [7, 11) is 0. The maximum Gasteiger partial charge on any atom is 0.336 e. The topological polar surface area (TPSA) is 66.4 Å². The molecule has 0 spiro atoms. The Hall–Kier alpha value is -2.36. The third kappa shape index (κ3) is 2.10. The molecule has 0 fully saturated rings. The zero-order valence-corrected chi connectivity index (χ0v) is 9.23. The van der Waals surface area contributed by atoms with Crippen LogP contribution >= 0.6 is 0 Å². The van der Waals surface area contributed by atoms with Gasteiger partial charge in [-0.1, -0.05) is 24.3 Å². The lowest BCUT2D eigenvalue weighted by atomic mass is 10.0. The van der Waals surface area contributed by atoms with Gasteiger partial charge >= 0.3 is 5.97 Å². The average molecular weight is 229 g/mol. The molecule has 0 unspecified atom stereocenters. The molecule has 17 heavy (non-hydrogen) atoms. The number of carbonyl (C=O) groups excluding carboxylic acids is 1. The van der Waals surface area contributed by atoms with E-state index in [1.54, 1.807) is 36.4 Å². The van der Waals surface area contributed by atoms with Crippen LogP contribution in [-0.4, -0.2) is 17.0 Å². The van der Waals surface area contributed by atoms with Gasteiger partial charge in [0.15, 0.2) is 0 Å². The van der Waals surface area contributed by atoms with Crippen molar-refractivity contribution < 1.29 is 14.7 Å². The Morgan fingerprint density at radius 2 is 1.71 bits per heavy atom. The quantitative estimate of drug-likeness (QED) is 0.831. The zero-order valence-electron chi connectivity index (χ0n) is 9.23. The summed E-state index contributed by atoms with van der Waals surface area (Å²) < 4.78 is 0. The zero-order chi connectivity index (χ0) is 12.4. The van der Waals surface area contributed by atoms with Gasteiger partial charge in [-0.3, -0.25) is 4.79 Å². The number of nitrogens with one attached hydrogen (secondary N) is 1. The number of hydrogen-bond donors (Lipinski definition) is 2. The Bertz CT molecular complexity index is 605. The van der Waals surface area contributed by atoms with Crippen molar-refractivity contribution in [2.45, 2.75) is 6.92 Å². The molecule has 0 bridgehead atoms. The second kappa shape index (κ2) is 4.25. The fourth-order valence-corrected chi connectivity index (χ4v) is 1.80. The highest BCUT2D eigenvalue weighted by molar-refractivity contribution is 6.09. The molecule has 0 aliphatic carbocycles. The number of amides is 1. The van der Waals surface area contributed by atoms with Crippen LogP contribution < -0.4 is 5.32 Å². The number of benzene rings is 2. The molecule has 4 heteroatoms. The molecule has 2 aromatic carbocycles. The lowest BCUT2D eigenvalue weighted by molar-refractivity contribution is -0.114. The molecule has 0 atom stereocenters. The number of carboxylic acid groups (broad SMARTS) is 1. The number of aromatic carboxylic acids is 1. The van der Waals surface area contributed by atoms with Crippen LogP contribution in [0.15, 0.2) is 36.4 Å². The van der Waals surface area contributed by atoms with E-state index in [4.69, 9.17) is 5.11 Å². The van der Waals surface area contributed by atoms with E-state index in [0.717, 1.165) is 5.39 Å². The van der Waals surface area contributed by atoms with Crippen molar-refractivity contribution in [2.75, 3.05) is 5.32 Å². The molecule has 0 saturated heterocycles. The van der Waals surface area contributed by atoms with Gasteiger partial charge in [-0.15, -0.1) is 0 Å². The molecular weight excluding hydrogens is 218 g/mol. The fourth-order valence-electron chi connectivity index (χ4n) is 1.80. The van der Waals surface area contributed by atoms with Crippen molar-refractivity contribution >= 4 is 28.3 Å². The van der Waals surface area contributed by atoms with Crippen LogP contribution in [-0.2, 0) is 4.79 Å². The Kier molecular flexibility index (Phi) is 2.78. The van der Waals surface area contributed by atoms with Crippen LogP contribution in [0.25, 0.3) is 10.8 Å². The van der Waals surface area contributed by atoms with Gasteiger partial charge in [0.05, 0.1) is 5.56 Å². The van der Waals surface area contributed by atoms with Crippen LogP contribution in [0.2, 0.25) is 0 Å². The van der Waals surface area contributed by atoms with Gasteiger partial charge in [0, 0.05) is 18.0 Å². The predicted octanol–water partition coefficient (Wildman–Crippen LogP) is 2.50. The summed E-state index contributed by atoms with van der Waals surface area (Å²) in [5, 5.41) is 13.1. The van der Waals surface area contributed by atoms with Crippen molar-refractivity contribution in [3.05, 3.63) is 42.0 Å². The van der Waals surface area contributed by atoms with Gasteiger partial charge < -0.3 is 10.4 Å². The predicted molar refractivity (Wildman–Crippen MR) is 65.2 cm³/mol. The minimum absolute atomic E-state index is 0.182. The minimum atomic E-state index is -0.976. The maximum absolute atomic E-state index is 11.1. The molecule has 86 valence electrons. The second-order valence-electron chi connectivity index (χ2n) is 3.69. The third-order valence-electron chi connectivity index (χ3n) is 2.46. The van der Waals surface area contributed by atoms with E-state index in [9.17, 15) is 9.59 Å². The summed E-state index contributed by atoms with van der Waals surface area (Å²) in [6.45, 7) is 1.42. The summed E-state index contributed by atoms with van der Waals surface area (Å²) in [5.74, 6) is -1.16. The largest absolute Gasteiger partial charge is 0.478 e. The Morgan fingerprint density at radius 3 is 2.35 bits per heavy atom. The minimum Gasteiger partial charge on any atom is -0.478 e. The first-order valence-corrected chi connectivity index (χ1v) is 5.12. The molecule has 0 aliphatic heterocycles. The molecule has 2 N–H and O–H groups in total. The highest BCUT2D eigenvalue weighted by Crippen LogP contribution is 2.26. The first-order valence-electron chi connectivity index (χ1n) is 5.12. The van der Waals surface area contributed by atoms with Crippen molar-refractivity contribution in [2.24, 2.45) is 0 Å². The highest BCUT2D eigenvalue weighted by Gasteiger charge is 2.10. The van der Waals surface area contributed by atoms with Crippen LogP contribution in [0.3, 0.4) is 0 Å². The molecule has 1 amide bonds. The van der Waals surface area contributed by atoms with Crippen LogP contribution in [0.4, 0.5) is 5.69 Å². The van der Waals surface area contributed by atoms with E-state index in [0.29, 0.717) is 11.1 Å². The highest BCUT2D eigenvalue weighted by atomic mass is 16.4. The van der Waals surface area contributed by atoms with E-state index in [-0.39, 0.29) is 11.5 Å². The van der Waals surface area contributed by atoms with Crippen LogP contribution in [0.1, 0.15) is 17.3 Å². The number of carbonyl (C=O) groups is 2. The Balaban J connectivity index is 2.69. The van der Waals surface area contributed by atoms with Gasteiger partial charge in [-0.2, -0.15) is 0 Å². The molecule has 2 rings (SSSR count). The molecule has 4 nitrogen and oxygen atoms in total. The number of fused-ring (bicyclic) bond motifs is 1. The normalized spacial score (nSPS) is 10.2. The molecule has 0 aromatic heterocycles. The van der Waals surface area contributed by atoms with E-state index in [1.807, 2.05) is 0 Å². The third-order valence-corrected chi connectivity index (χ3v) is 2.46. The van der Waals surface area contributed by atoms with Crippen LogP contribution in [0, 0.1) is 0 Å². The first-order chi connectivity index (χ1) is 8.09. The Morgan fingerprint density at radius 1 is 1.06 bits per heavy atom. The van der Waals surface area contributed by atoms with Crippen molar-refractivity contribution in [1.82, 2.24) is 0 Å². The number of rotatable bonds is 2. The SMILES string of the molecule is CC(=O)Nc1cccc2c(C(=O)O)cccc12. The van der Waals surface area contributed by atoms with Gasteiger partial charge in [0.25, 0.3) is 0 Å². The van der Waals surface area contributed by atoms with Crippen molar-refractivity contribution in [3.8, 4) is 0 Å². The summed E-state index contributed by atoms with van der Waals surface area (Å²) in [6, 6.07) is 10.2. The lowest BCUT2D eigenvalue weighted by Crippen LogP contribution is -2.06. The number of anilines is 1. The molecule has 2 aromatic rings. The van der Waals surface area contributed by atoms with Crippen molar-refractivity contribution in [1.29, 1.82) is 0 Å². The molecule has 0 saturated carbocycles. The molecule has 0 radical (unpaired) electrons. The average Bonchev–Trinajstić information content (AvgIpc) is 2.28. The fraction of sp³-hybridized carbons (Fsp3) is 0.0769. The maximum atomic E-state index is 11.1. The monoisotopic (exact) mass is 229 g/mol. The summed E-state index contributed by atoms with van der Waals surface area (Å²) in [4.78, 5) is 22.1. The standard InChI is InChI=1S/C13H11NO3/c1-8(15)14-12-7-3-4-9-10(12)5-2-6-11(9)13(16)17/h2-7H,1H3,(H,14,15)(H,16,17). The smallest absolute Gasteiger partial charge is 0.336 e. The summed E-state index contributed by atoms with van der Waals surface area (Å²) >= 11 is 0. The molecule has 0 heterocycles. The molecule has 0 aliphatic rings. The van der Waals surface area contributed by atoms with E-state index >= 15 is 0 Å². The summed E-state index contributed by atoms with van der Waals surface area (Å²) in [6.07, 6.45) is 0. The molecular formula is C13H11NO3. The van der Waals surface area contributed by atoms with Crippen LogP contribution in [0.5, 0.6) is 0 Å². The summed E-state index contributed by atoms with van der Waals surface area (Å²) in [5.41, 5.74) is 0.854. The first kappa shape index (κ1) is 11.1. The van der Waals surface area contributed by atoms with Gasteiger partial charge in [0.1, 0.15) is 0 Å². The second-order valence-corrected chi connectivity index (χ2v) is 3.69. The Labute approximate surface area is 97.9 Å². The van der Waals surface area contributed by atoms with E-state index < -0.39 is 5.97 Å². The number of hydrogen-bond acceptors (Lipinski definition) is 2. The van der Waals surface area contributed by atoms with E-state index in [1.165, 1.54) is 6.92 Å². The van der Waals surface area contributed by atoms with E-state index in [2.05, 4.69) is 5.32 Å². The lowest BCUT2D eigenvalue weighted by Gasteiger charge is -2.08.